The van der Waals surface area contributed by atoms with E-state index in [0.29, 0.717) is 6.04 Å². The van der Waals surface area contributed by atoms with E-state index >= 15 is 0 Å². The van der Waals surface area contributed by atoms with E-state index in [9.17, 15) is 0 Å². The summed E-state index contributed by atoms with van der Waals surface area (Å²) in [6.07, 6.45) is 2.60. The van der Waals surface area contributed by atoms with E-state index in [-0.39, 0.29) is 0 Å². The number of ether oxygens (including phenoxy) is 2. The van der Waals surface area contributed by atoms with Crippen molar-refractivity contribution >= 4 is 5.69 Å². The van der Waals surface area contributed by atoms with Crippen LogP contribution in [-0.2, 0) is 6.54 Å². The van der Waals surface area contributed by atoms with Crippen LogP contribution in [-0.4, -0.2) is 69.3 Å². The van der Waals surface area contributed by atoms with Gasteiger partial charge in [-0.25, -0.2) is 0 Å². The third-order valence-corrected chi connectivity index (χ3v) is 6.29. The highest BCUT2D eigenvalue weighted by Gasteiger charge is 2.28. The first-order valence-electron chi connectivity index (χ1n) is 10.7. The van der Waals surface area contributed by atoms with E-state index in [4.69, 9.17) is 9.47 Å². The fourth-order valence-electron chi connectivity index (χ4n) is 4.64. The number of likely N-dealkylation sites (tertiary alicyclic amines) is 1. The molecule has 2 fully saturated rings. The Balaban J connectivity index is 1.30. The number of hydrogen-bond donors (Lipinski definition) is 0. The van der Waals surface area contributed by atoms with Gasteiger partial charge in [0, 0.05) is 51.0 Å². The molecule has 5 heteroatoms. The molecular weight excluding hydrogens is 362 g/mol. The fourth-order valence-corrected chi connectivity index (χ4v) is 4.64. The van der Waals surface area contributed by atoms with Gasteiger partial charge in [-0.2, -0.15) is 0 Å². The Morgan fingerprint density at radius 2 is 1.62 bits per heavy atom. The number of methoxy groups -OCH3 is 2. The monoisotopic (exact) mass is 395 g/mol. The fraction of sp³-hybridized carbons (Fsp3) is 0.500. The normalized spacial score (nSPS) is 21.2. The molecule has 2 aliphatic heterocycles. The number of rotatable bonds is 6. The lowest BCUT2D eigenvalue weighted by atomic mass is 10.0. The van der Waals surface area contributed by atoms with Gasteiger partial charge in [0.2, 0.25) is 0 Å². The van der Waals surface area contributed by atoms with Gasteiger partial charge in [0.25, 0.3) is 0 Å². The maximum absolute atomic E-state index is 5.38. The predicted molar refractivity (Wildman–Crippen MR) is 118 cm³/mol. The van der Waals surface area contributed by atoms with Crippen LogP contribution in [0.4, 0.5) is 5.69 Å². The Bertz CT molecular complexity index is 772. The second-order valence-electron chi connectivity index (χ2n) is 8.10. The molecule has 0 unspecified atom stereocenters. The van der Waals surface area contributed by atoms with Crippen LogP contribution < -0.4 is 14.4 Å². The molecule has 0 aromatic heterocycles. The third-order valence-electron chi connectivity index (χ3n) is 6.29. The van der Waals surface area contributed by atoms with Gasteiger partial charge in [0.15, 0.2) is 0 Å². The zero-order chi connectivity index (χ0) is 20.1. The molecule has 0 amide bonds. The highest BCUT2D eigenvalue weighted by atomic mass is 16.5. The minimum absolute atomic E-state index is 0.673. The average Bonchev–Trinajstić information content (AvgIpc) is 2.79. The summed E-state index contributed by atoms with van der Waals surface area (Å²) in [5.74, 6) is 1.87. The zero-order valence-corrected chi connectivity index (χ0v) is 17.7. The molecule has 0 aliphatic carbocycles. The summed E-state index contributed by atoms with van der Waals surface area (Å²) >= 11 is 0. The van der Waals surface area contributed by atoms with Crippen LogP contribution >= 0.6 is 0 Å². The first-order chi connectivity index (χ1) is 14.2. The Morgan fingerprint density at radius 1 is 0.862 bits per heavy atom. The number of nitrogens with zero attached hydrogens (tertiary/aromatic N) is 3. The molecule has 2 heterocycles. The van der Waals surface area contributed by atoms with E-state index in [2.05, 4.69) is 57.2 Å². The molecule has 2 aliphatic rings. The molecule has 156 valence electrons. The largest absolute Gasteiger partial charge is 0.497 e. The van der Waals surface area contributed by atoms with E-state index in [1.165, 1.54) is 37.2 Å². The summed E-state index contributed by atoms with van der Waals surface area (Å²) in [5.41, 5.74) is 2.64. The molecular formula is C24H33N3O2. The summed E-state index contributed by atoms with van der Waals surface area (Å²) in [7, 11) is 3.46. The van der Waals surface area contributed by atoms with Gasteiger partial charge >= 0.3 is 0 Å². The minimum Gasteiger partial charge on any atom is -0.497 e. The molecule has 0 saturated carbocycles. The van der Waals surface area contributed by atoms with Crippen LogP contribution in [0.2, 0.25) is 0 Å². The molecule has 0 bridgehead atoms. The smallest absolute Gasteiger partial charge is 0.119 e. The van der Waals surface area contributed by atoms with Crippen molar-refractivity contribution in [2.24, 2.45) is 0 Å². The molecule has 2 aromatic carbocycles. The Kier molecular flexibility index (Phi) is 6.57. The maximum Gasteiger partial charge on any atom is 0.119 e. The van der Waals surface area contributed by atoms with Crippen LogP contribution in [0.1, 0.15) is 18.4 Å². The second-order valence-corrected chi connectivity index (χ2v) is 8.10. The number of anilines is 1. The van der Waals surface area contributed by atoms with Crippen molar-refractivity contribution in [3.63, 3.8) is 0 Å². The second kappa shape index (κ2) is 9.51. The standard InChI is InChI=1S/C24H33N3O2/c1-28-23-10-8-21(9-11-23)26-13-15-27(16-14-26)22-6-4-12-25(19-22)18-20-5-3-7-24(17-20)29-2/h3,5,7-11,17,22H,4,6,12-16,18-19H2,1-2H3/t22-/m0/s1. The molecule has 29 heavy (non-hydrogen) atoms. The molecule has 0 N–H and O–H groups in total. The maximum atomic E-state index is 5.38. The van der Waals surface area contributed by atoms with Crippen LogP contribution in [0, 0.1) is 0 Å². The van der Waals surface area contributed by atoms with Crippen molar-refractivity contribution in [1.82, 2.24) is 9.80 Å². The first-order valence-corrected chi connectivity index (χ1v) is 10.7. The van der Waals surface area contributed by atoms with E-state index < -0.39 is 0 Å². The van der Waals surface area contributed by atoms with Crippen LogP contribution in [0.25, 0.3) is 0 Å². The quantitative estimate of drug-likeness (QED) is 0.747. The van der Waals surface area contributed by atoms with Crippen molar-refractivity contribution in [3.05, 3.63) is 54.1 Å². The Hall–Kier alpha value is -2.24. The molecule has 1 atom stereocenters. The van der Waals surface area contributed by atoms with Gasteiger partial charge in [-0.3, -0.25) is 9.80 Å². The highest BCUT2D eigenvalue weighted by Crippen LogP contribution is 2.24. The van der Waals surface area contributed by atoms with E-state index in [0.717, 1.165) is 44.2 Å². The molecule has 0 radical (unpaired) electrons. The lowest BCUT2D eigenvalue weighted by Crippen LogP contribution is -2.55. The Morgan fingerprint density at radius 3 is 2.34 bits per heavy atom. The SMILES string of the molecule is COc1ccc(N2CCN([C@H]3CCCN(Cc4cccc(OC)c4)C3)CC2)cc1. The van der Waals surface area contributed by atoms with Gasteiger partial charge < -0.3 is 14.4 Å². The molecule has 2 saturated heterocycles. The summed E-state index contributed by atoms with van der Waals surface area (Å²) in [6, 6.07) is 17.6. The molecule has 2 aromatic rings. The van der Waals surface area contributed by atoms with Crippen LogP contribution in [0.3, 0.4) is 0 Å². The van der Waals surface area contributed by atoms with Crippen molar-refractivity contribution in [2.75, 3.05) is 58.4 Å². The van der Waals surface area contributed by atoms with Crippen molar-refractivity contribution in [3.8, 4) is 11.5 Å². The Labute approximate surface area is 174 Å². The third kappa shape index (κ3) is 5.03. The summed E-state index contributed by atoms with van der Waals surface area (Å²) in [5, 5.41) is 0. The summed E-state index contributed by atoms with van der Waals surface area (Å²) in [4.78, 5) is 7.81. The van der Waals surface area contributed by atoms with Gasteiger partial charge in [0.05, 0.1) is 14.2 Å². The van der Waals surface area contributed by atoms with Gasteiger partial charge in [-0.1, -0.05) is 12.1 Å². The first kappa shape index (κ1) is 20.0. The highest BCUT2D eigenvalue weighted by molar-refractivity contribution is 5.49. The topological polar surface area (TPSA) is 28.2 Å². The predicted octanol–water partition coefficient (Wildman–Crippen LogP) is 3.49. The van der Waals surface area contributed by atoms with E-state index in [1.807, 2.05) is 6.07 Å². The lowest BCUT2D eigenvalue weighted by Gasteiger charge is -2.44. The van der Waals surface area contributed by atoms with Crippen molar-refractivity contribution < 1.29 is 9.47 Å². The zero-order valence-electron chi connectivity index (χ0n) is 17.7. The number of piperidine rings is 1. The molecule has 0 spiro atoms. The van der Waals surface area contributed by atoms with Crippen LogP contribution in [0.15, 0.2) is 48.5 Å². The molecule has 5 nitrogen and oxygen atoms in total. The average molecular weight is 396 g/mol. The molecule has 4 rings (SSSR count). The van der Waals surface area contributed by atoms with Gasteiger partial charge in [0.1, 0.15) is 11.5 Å². The summed E-state index contributed by atoms with van der Waals surface area (Å²) < 4.78 is 10.7. The van der Waals surface area contributed by atoms with E-state index in [1.54, 1.807) is 14.2 Å². The number of benzene rings is 2. The lowest BCUT2D eigenvalue weighted by molar-refractivity contribution is 0.0887. The van der Waals surface area contributed by atoms with Crippen molar-refractivity contribution in [2.45, 2.75) is 25.4 Å². The van der Waals surface area contributed by atoms with Crippen molar-refractivity contribution in [1.29, 1.82) is 0 Å². The van der Waals surface area contributed by atoms with Gasteiger partial charge in [-0.15, -0.1) is 0 Å². The van der Waals surface area contributed by atoms with Gasteiger partial charge in [-0.05, 0) is 61.3 Å². The minimum atomic E-state index is 0.673. The van der Waals surface area contributed by atoms with Crippen LogP contribution in [0.5, 0.6) is 11.5 Å². The number of hydrogen-bond acceptors (Lipinski definition) is 5. The summed E-state index contributed by atoms with van der Waals surface area (Å²) in [6.45, 7) is 7.85. The number of piperazine rings is 1.